The van der Waals surface area contributed by atoms with E-state index in [4.69, 9.17) is 10.5 Å². The number of hydrogen-bond donors (Lipinski definition) is 1. The fourth-order valence-electron chi connectivity index (χ4n) is 3.19. The predicted octanol–water partition coefficient (Wildman–Crippen LogP) is 1.34. The fourth-order valence-corrected chi connectivity index (χ4v) is 3.19. The number of nitrogen functional groups attached to an aromatic ring is 1. The van der Waals surface area contributed by atoms with Crippen molar-refractivity contribution in [2.75, 3.05) is 43.4 Å². The van der Waals surface area contributed by atoms with E-state index >= 15 is 0 Å². The number of nitrogens with two attached hydrogens (primary N) is 1. The molecule has 114 valence electrons. The third-order valence-electron chi connectivity index (χ3n) is 4.42. The molecule has 0 aromatic heterocycles. The first-order chi connectivity index (χ1) is 10.1. The zero-order valence-corrected chi connectivity index (χ0v) is 12.5. The second-order valence-electron chi connectivity index (χ2n) is 5.95. The summed E-state index contributed by atoms with van der Waals surface area (Å²) < 4.78 is 5.51. The van der Waals surface area contributed by atoms with Crippen LogP contribution >= 0.6 is 0 Å². The quantitative estimate of drug-likeness (QED) is 0.835. The van der Waals surface area contributed by atoms with Crippen molar-refractivity contribution < 1.29 is 9.53 Å². The van der Waals surface area contributed by atoms with Crippen molar-refractivity contribution in [2.24, 2.45) is 5.92 Å². The van der Waals surface area contributed by atoms with E-state index in [2.05, 4.69) is 4.90 Å². The van der Waals surface area contributed by atoms with Crippen molar-refractivity contribution in [3.63, 3.8) is 0 Å². The first-order valence-corrected chi connectivity index (χ1v) is 7.65. The van der Waals surface area contributed by atoms with Gasteiger partial charge in [-0.25, -0.2) is 0 Å². The van der Waals surface area contributed by atoms with E-state index < -0.39 is 0 Å². The maximum atomic E-state index is 12.5. The molecule has 2 aliphatic heterocycles. The Labute approximate surface area is 125 Å². The third kappa shape index (κ3) is 2.97. The molecule has 0 saturated carbocycles. The molecule has 0 spiro atoms. The first kappa shape index (κ1) is 14.2. The molecule has 5 heteroatoms. The Balaban J connectivity index is 1.58. The lowest BCUT2D eigenvalue weighted by molar-refractivity contribution is -0.135. The standard InChI is InChI=1S/C16H23N3O2/c1-12-10-13(11-21-12)16(20)19-8-6-18(7-9-19)15-5-3-2-4-14(15)17/h2-5,12-13H,6-11,17H2,1H3. The monoisotopic (exact) mass is 289 g/mol. The Morgan fingerprint density at radius 3 is 2.57 bits per heavy atom. The van der Waals surface area contributed by atoms with E-state index in [1.165, 1.54) is 0 Å². The minimum absolute atomic E-state index is 0.0494. The Morgan fingerprint density at radius 2 is 1.95 bits per heavy atom. The SMILES string of the molecule is CC1CC(C(=O)N2CCN(c3ccccc3N)CC2)CO1. The molecule has 2 heterocycles. The van der Waals surface area contributed by atoms with Gasteiger partial charge in [0.15, 0.2) is 0 Å². The van der Waals surface area contributed by atoms with Gasteiger partial charge in [-0.1, -0.05) is 12.1 Å². The molecule has 2 saturated heterocycles. The van der Waals surface area contributed by atoms with E-state index in [-0.39, 0.29) is 17.9 Å². The molecule has 5 nitrogen and oxygen atoms in total. The number of anilines is 2. The number of carbonyl (C=O) groups excluding carboxylic acids is 1. The second-order valence-corrected chi connectivity index (χ2v) is 5.95. The van der Waals surface area contributed by atoms with Crippen LogP contribution in [0, 0.1) is 5.92 Å². The van der Waals surface area contributed by atoms with Crippen molar-refractivity contribution >= 4 is 17.3 Å². The maximum Gasteiger partial charge on any atom is 0.228 e. The van der Waals surface area contributed by atoms with Crippen LogP contribution in [0.5, 0.6) is 0 Å². The van der Waals surface area contributed by atoms with Gasteiger partial charge in [0.25, 0.3) is 0 Å². The minimum Gasteiger partial charge on any atom is -0.397 e. The number of hydrogen-bond acceptors (Lipinski definition) is 4. The molecule has 2 N–H and O–H groups in total. The van der Waals surface area contributed by atoms with Crippen LogP contribution < -0.4 is 10.6 Å². The van der Waals surface area contributed by atoms with Crippen molar-refractivity contribution in [2.45, 2.75) is 19.4 Å². The summed E-state index contributed by atoms with van der Waals surface area (Å²) in [6.07, 6.45) is 1.06. The van der Waals surface area contributed by atoms with Crippen molar-refractivity contribution in [1.29, 1.82) is 0 Å². The molecule has 0 radical (unpaired) electrons. The number of rotatable bonds is 2. The molecule has 0 aliphatic carbocycles. The predicted molar refractivity (Wildman–Crippen MR) is 83.2 cm³/mol. The first-order valence-electron chi connectivity index (χ1n) is 7.65. The summed E-state index contributed by atoms with van der Waals surface area (Å²) in [5, 5.41) is 0. The van der Waals surface area contributed by atoms with Crippen molar-refractivity contribution in [1.82, 2.24) is 4.90 Å². The molecule has 2 atom stereocenters. The zero-order chi connectivity index (χ0) is 14.8. The van der Waals surface area contributed by atoms with E-state index in [9.17, 15) is 4.79 Å². The summed E-state index contributed by atoms with van der Waals surface area (Å²) in [4.78, 5) is 16.7. The van der Waals surface area contributed by atoms with Gasteiger partial charge in [0.05, 0.1) is 30.0 Å². The van der Waals surface area contributed by atoms with Crippen LogP contribution in [0.3, 0.4) is 0 Å². The van der Waals surface area contributed by atoms with Gasteiger partial charge in [-0.05, 0) is 25.5 Å². The largest absolute Gasteiger partial charge is 0.397 e. The van der Waals surface area contributed by atoms with Crippen LogP contribution in [0.2, 0.25) is 0 Å². The number of carbonyl (C=O) groups is 1. The van der Waals surface area contributed by atoms with Crippen LogP contribution in [-0.4, -0.2) is 49.7 Å². The highest BCUT2D eigenvalue weighted by atomic mass is 16.5. The van der Waals surface area contributed by atoms with Gasteiger partial charge in [-0.2, -0.15) is 0 Å². The van der Waals surface area contributed by atoms with E-state index in [0.717, 1.165) is 44.0 Å². The van der Waals surface area contributed by atoms with Gasteiger partial charge in [0.2, 0.25) is 5.91 Å². The molecule has 2 fully saturated rings. The van der Waals surface area contributed by atoms with Gasteiger partial charge in [0, 0.05) is 26.2 Å². The highest BCUT2D eigenvalue weighted by Gasteiger charge is 2.33. The smallest absolute Gasteiger partial charge is 0.228 e. The summed E-state index contributed by atoms with van der Waals surface area (Å²) in [6, 6.07) is 7.91. The third-order valence-corrected chi connectivity index (χ3v) is 4.42. The van der Waals surface area contributed by atoms with Gasteiger partial charge < -0.3 is 20.3 Å². The van der Waals surface area contributed by atoms with Gasteiger partial charge in [-0.3, -0.25) is 4.79 Å². The van der Waals surface area contributed by atoms with Crippen LogP contribution in [0.4, 0.5) is 11.4 Å². The summed E-state index contributed by atoms with van der Waals surface area (Å²) in [6.45, 7) is 5.80. The van der Waals surface area contributed by atoms with E-state index in [1.807, 2.05) is 36.1 Å². The molecule has 1 amide bonds. The Morgan fingerprint density at radius 1 is 1.24 bits per heavy atom. The summed E-state index contributed by atoms with van der Waals surface area (Å²) in [7, 11) is 0. The molecule has 0 bridgehead atoms. The van der Waals surface area contributed by atoms with Crippen molar-refractivity contribution in [3.05, 3.63) is 24.3 Å². The number of ether oxygens (including phenoxy) is 1. The average molecular weight is 289 g/mol. The lowest BCUT2D eigenvalue weighted by atomic mass is 10.0. The minimum atomic E-state index is 0.0494. The number of amides is 1. The summed E-state index contributed by atoms with van der Waals surface area (Å²) >= 11 is 0. The molecule has 2 aliphatic rings. The van der Waals surface area contributed by atoms with Crippen LogP contribution in [0.1, 0.15) is 13.3 Å². The average Bonchev–Trinajstić information content (AvgIpc) is 2.94. The zero-order valence-electron chi connectivity index (χ0n) is 12.5. The number of nitrogens with zero attached hydrogens (tertiary/aromatic N) is 2. The highest BCUT2D eigenvalue weighted by Crippen LogP contribution is 2.25. The Bertz CT molecular complexity index is 512. The van der Waals surface area contributed by atoms with Crippen LogP contribution in [0.15, 0.2) is 24.3 Å². The van der Waals surface area contributed by atoms with E-state index in [1.54, 1.807) is 0 Å². The Hall–Kier alpha value is -1.75. The molecule has 1 aromatic carbocycles. The normalized spacial score (nSPS) is 26.1. The van der Waals surface area contributed by atoms with Gasteiger partial charge in [0.1, 0.15) is 0 Å². The maximum absolute atomic E-state index is 12.5. The van der Waals surface area contributed by atoms with Crippen LogP contribution in [-0.2, 0) is 9.53 Å². The number of piperazine rings is 1. The molecule has 21 heavy (non-hydrogen) atoms. The summed E-state index contributed by atoms with van der Waals surface area (Å²) in [5.41, 5.74) is 7.89. The topological polar surface area (TPSA) is 58.8 Å². The van der Waals surface area contributed by atoms with Crippen molar-refractivity contribution in [3.8, 4) is 0 Å². The molecule has 1 aromatic rings. The van der Waals surface area contributed by atoms with Crippen LogP contribution in [0.25, 0.3) is 0 Å². The van der Waals surface area contributed by atoms with Gasteiger partial charge >= 0.3 is 0 Å². The van der Waals surface area contributed by atoms with Gasteiger partial charge in [-0.15, -0.1) is 0 Å². The fraction of sp³-hybridized carbons (Fsp3) is 0.562. The molecule has 2 unspecified atom stereocenters. The Kier molecular flexibility index (Phi) is 4.01. The van der Waals surface area contributed by atoms with E-state index in [0.29, 0.717) is 6.61 Å². The second kappa shape index (κ2) is 5.93. The molecular weight excluding hydrogens is 266 g/mol. The lowest BCUT2D eigenvalue weighted by Crippen LogP contribution is -2.50. The lowest BCUT2D eigenvalue weighted by Gasteiger charge is -2.37. The number of para-hydroxylation sites is 2. The highest BCUT2D eigenvalue weighted by molar-refractivity contribution is 5.79. The molecule has 3 rings (SSSR count). The molecular formula is C16H23N3O2. The summed E-state index contributed by atoms with van der Waals surface area (Å²) in [5.74, 6) is 0.299. The number of benzene rings is 1.